The van der Waals surface area contributed by atoms with Crippen LogP contribution in [0.2, 0.25) is 0 Å². The molecule has 0 radical (unpaired) electrons. The summed E-state index contributed by atoms with van der Waals surface area (Å²) in [6.07, 6.45) is 4.67. The van der Waals surface area contributed by atoms with Gasteiger partial charge < -0.3 is 0 Å². The van der Waals surface area contributed by atoms with Gasteiger partial charge in [-0.1, -0.05) is 38.8 Å². The second kappa shape index (κ2) is 3.92. The molecule has 2 saturated carbocycles. The number of allylic oxidation sites excluding steroid dienone is 1. The molecule has 0 amide bonds. The Balaban J connectivity index is 2.02. The van der Waals surface area contributed by atoms with Gasteiger partial charge in [-0.3, -0.25) is 0 Å². The summed E-state index contributed by atoms with van der Waals surface area (Å²) in [4.78, 5) is 0. The van der Waals surface area contributed by atoms with Gasteiger partial charge in [0, 0.05) is 5.41 Å². The average molecular weight is 337 g/mol. The predicted octanol–water partition coefficient (Wildman–Crippen LogP) is 4.75. The molecule has 1 aliphatic heterocycles. The highest BCUT2D eigenvalue weighted by molar-refractivity contribution is 7.94. The normalized spacial score (nSPS) is 55.9. The fourth-order valence-corrected chi connectivity index (χ4v) is 11.8. The highest BCUT2D eigenvalue weighted by atomic mass is 32.2. The molecule has 4 aliphatic rings. The molecule has 4 bridgehead atoms. The van der Waals surface area contributed by atoms with E-state index >= 15 is 0 Å². The third kappa shape index (κ3) is 1.26. The fraction of sp³-hybridized carbons (Fsp3) is 0.900. The molecule has 23 heavy (non-hydrogen) atoms. The zero-order chi connectivity index (χ0) is 17.2. The Bertz CT molecular complexity index is 721. The van der Waals surface area contributed by atoms with Crippen LogP contribution in [-0.2, 0) is 9.84 Å². The molecule has 1 unspecified atom stereocenters. The molecule has 0 spiro atoms. The molecular weight excluding hydrogens is 304 g/mol. The zero-order valence-corrected chi connectivity index (χ0v) is 16.6. The van der Waals surface area contributed by atoms with Crippen molar-refractivity contribution in [2.24, 2.45) is 28.1 Å². The highest BCUT2D eigenvalue weighted by Crippen LogP contribution is 2.77. The van der Waals surface area contributed by atoms with Gasteiger partial charge in [0.1, 0.15) is 0 Å². The van der Waals surface area contributed by atoms with Gasteiger partial charge in [0.05, 0.1) is 10.00 Å². The van der Waals surface area contributed by atoms with E-state index in [2.05, 4.69) is 41.5 Å². The Hall–Kier alpha value is -0.310. The maximum absolute atomic E-state index is 13.9. The number of sulfone groups is 1. The van der Waals surface area contributed by atoms with E-state index in [-0.39, 0.29) is 27.4 Å². The summed E-state index contributed by atoms with van der Waals surface area (Å²) < 4.78 is 27.1. The molecule has 0 aromatic rings. The summed E-state index contributed by atoms with van der Waals surface area (Å²) in [6, 6.07) is 0. The van der Waals surface area contributed by atoms with Crippen molar-refractivity contribution in [1.82, 2.24) is 0 Å². The zero-order valence-electron chi connectivity index (χ0n) is 15.8. The van der Waals surface area contributed by atoms with Crippen molar-refractivity contribution in [3.8, 4) is 0 Å². The molecule has 4 atom stereocenters. The Morgan fingerprint density at radius 2 is 1.48 bits per heavy atom. The maximum atomic E-state index is 13.9. The molecule has 0 aromatic carbocycles. The van der Waals surface area contributed by atoms with E-state index in [0.717, 1.165) is 18.4 Å². The van der Waals surface area contributed by atoms with Crippen molar-refractivity contribution in [2.45, 2.75) is 84.1 Å². The molecule has 3 heteroatoms. The second-order valence-electron chi connectivity index (χ2n) is 9.94. The third-order valence-corrected chi connectivity index (χ3v) is 13.4. The van der Waals surface area contributed by atoms with Crippen molar-refractivity contribution in [3.05, 3.63) is 11.1 Å². The van der Waals surface area contributed by atoms with Crippen LogP contribution in [-0.4, -0.2) is 18.4 Å². The van der Waals surface area contributed by atoms with Crippen LogP contribution in [0.1, 0.15) is 74.1 Å². The van der Waals surface area contributed by atoms with Crippen LogP contribution in [0.5, 0.6) is 0 Å². The fourth-order valence-electron chi connectivity index (χ4n) is 7.83. The standard InChI is InChI=1S/C20H32O2S/c1-12-13(2)19(7)14(3)18(12,6)16(23(19,21)22)20-10-8-15(9-11-20)17(20,4)5/h14-16H,8-11H2,1-7H3/t14?,15?,16-,18+,19-,20?/m0/s1. The lowest BCUT2D eigenvalue weighted by molar-refractivity contribution is 0.0684. The molecule has 1 saturated heterocycles. The molecule has 0 N–H and O–H groups in total. The first-order chi connectivity index (χ1) is 10.4. The monoisotopic (exact) mass is 336 g/mol. The smallest absolute Gasteiger partial charge is 0.164 e. The van der Waals surface area contributed by atoms with Crippen molar-refractivity contribution in [3.63, 3.8) is 0 Å². The van der Waals surface area contributed by atoms with E-state index in [9.17, 15) is 8.42 Å². The molecule has 130 valence electrons. The van der Waals surface area contributed by atoms with E-state index in [1.165, 1.54) is 18.4 Å². The minimum absolute atomic E-state index is 0.0147. The van der Waals surface area contributed by atoms with Crippen LogP contribution in [0.25, 0.3) is 0 Å². The molecule has 4 rings (SSSR count). The van der Waals surface area contributed by atoms with Gasteiger partial charge >= 0.3 is 0 Å². The molecule has 3 fully saturated rings. The number of rotatable bonds is 1. The van der Waals surface area contributed by atoms with Crippen LogP contribution < -0.4 is 0 Å². The summed E-state index contributed by atoms with van der Waals surface area (Å²) >= 11 is 0. The number of hydrogen-bond acceptors (Lipinski definition) is 2. The molecule has 1 heterocycles. The summed E-state index contributed by atoms with van der Waals surface area (Å²) in [5, 5.41) is -0.186. The van der Waals surface area contributed by atoms with Gasteiger partial charge in [0.15, 0.2) is 9.84 Å². The molecule has 3 aliphatic carbocycles. The van der Waals surface area contributed by atoms with Gasteiger partial charge in [-0.05, 0) is 69.1 Å². The third-order valence-electron chi connectivity index (χ3n) is 9.97. The first-order valence-electron chi connectivity index (χ1n) is 9.32. The number of fused-ring (bicyclic) bond motifs is 4. The molecule has 2 nitrogen and oxygen atoms in total. The van der Waals surface area contributed by atoms with E-state index in [1.54, 1.807) is 0 Å². The lowest BCUT2D eigenvalue weighted by Gasteiger charge is -2.50. The quantitative estimate of drug-likeness (QED) is 0.648. The lowest BCUT2D eigenvalue weighted by Crippen LogP contribution is -2.54. The first-order valence-corrected chi connectivity index (χ1v) is 10.9. The minimum atomic E-state index is -3.17. The van der Waals surface area contributed by atoms with Crippen LogP contribution in [0.15, 0.2) is 11.1 Å². The van der Waals surface area contributed by atoms with E-state index in [1.807, 2.05) is 6.92 Å². The Morgan fingerprint density at radius 3 is 1.87 bits per heavy atom. The van der Waals surface area contributed by atoms with Crippen molar-refractivity contribution >= 4 is 9.84 Å². The Morgan fingerprint density at radius 1 is 0.957 bits per heavy atom. The van der Waals surface area contributed by atoms with E-state index < -0.39 is 14.6 Å². The van der Waals surface area contributed by atoms with E-state index in [4.69, 9.17) is 0 Å². The average Bonchev–Trinajstić information content (AvgIpc) is 2.96. The summed E-state index contributed by atoms with van der Waals surface area (Å²) in [6.45, 7) is 15.5. The maximum Gasteiger partial charge on any atom is 0.164 e. The highest BCUT2D eigenvalue weighted by Gasteiger charge is 2.79. The van der Waals surface area contributed by atoms with Crippen molar-refractivity contribution < 1.29 is 8.42 Å². The topological polar surface area (TPSA) is 34.1 Å². The number of hydrogen-bond donors (Lipinski definition) is 0. The SMILES string of the molecule is CC1=C(C)[C@]2(C)C(C)[C@@]1(C)S(=O)(=O)[C@@H]2C12CCC(CC1)C2(C)C. The Labute approximate surface area is 142 Å². The minimum Gasteiger partial charge on any atom is -0.228 e. The van der Waals surface area contributed by atoms with Crippen LogP contribution in [0.4, 0.5) is 0 Å². The van der Waals surface area contributed by atoms with Crippen molar-refractivity contribution in [2.75, 3.05) is 0 Å². The van der Waals surface area contributed by atoms with Gasteiger partial charge in [-0.25, -0.2) is 8.42 Å². The lowest BCUT2D eigenvalue weighted by atomic mass is 9.57. The van der Waals surface area contributed by atoms with Gasteiger partial charge in [0.25, 0.3) is 0 Å². The molecular formula is C20H32O2S. The van der Waals surface area contributed by atoms with Gasteiger partial charge in [-0.15, -0.1) is 0 Å². The van der Waals surface area contributed by atoms with Gasteiger partial charge in [0.2, 0.25) is 0 Å². The first kappa shape index (κ1) is 16.2. The summed E-state index contributed by atoms with van der Waals surface area (Å²) in [5.41, 5.74) is 2.45. The second-order valence-corrected chi connectivity index (χ2v) is 12.3. The molecule has 0 aromatic heterocycles. The predicted molar refractivity (Wildman–Crippen MR) is 94.9 cm³/mol. The van der Waals surface area contributed by atoms with Gasteiger partial charge in [-0.2, -0.15) is 0 Å². The van der Waals surface area contributed by atoms with E-state index in [0.29, 0.717) is 5.92 Å². The Kier molecular flexibility index (Phi) is 2.75. The largest absolute Gasteiger partial charge is 0.228 e. The summed E-state index contributed by atoms with van der Waals surface area (Å²) in [7, 11) is -3.17. The van der Waals surface area contributed by atoms with Crippen LogP contribution >= 0.6 is 0 Å². The van der Waals surface area contributed by atoms with Crippen LogP contribution in [0.3, 0.4) is 0 Å². The van der Waals surface area contributed by atoms with Crippen molar-refractivity contribution in [1.29, 1.82) is 0 Å². The van der Waals surface area contributed by atoms with Crippen LogP contribution in [0, 0.1) is 28.1 Å². The summed E-state index contributed by atoms with van der Waals surface area (Å²) in [5.74, 6) is 0.906.